The van der Waals surface area contributed by atoms with Crippen LogP contribution in [0, 0.1) is 23.2 Å². The number of hydrogen-bond acceptors (Lipinski definition) is 17. The second-order valence-electron chi connectivity index (χ2n) is 22.8. The minimum Gasteiger partial charge on any atom is -0.507 e. The molecule has 5 aliphatic carbocycles. The Hall–Kier alpha value is -6.83. The van der Waals surface area contributed by atoms with Crippen molar-refractivity contribution in [2.45, 2.75) is 158 Å². The Bertz CT molecular complexity index is 3310. The summed E-state index contributed by atoms with van der Waals surface area (Å²) in [6.45, 7) is 1.09. The molecule has 428 valence electrons. The van der Waals surface area contributed by atoms with E-state index in [0.717, 1.165) is 63.0 Å². The summed E-state index contributed by atoms with van der Waals surface area (Å²) in [4.78, 5) is 62.4. The van der Waals surface area contributed by atoms with Crippen molar-refractivity contribution in [3.63, 3.8) is 0 Å². The number of esters is 1. The Morgan fingerprint density at radius 3 is 2.43 bits per heavy atom. The molecule has 4 aromatic carbocycles. The van der Waals surface area contributed by atoms with Crippen LogP contribution in [0.3, 0.4) is 0 Å². The summed E-state index contributed by atoms with van der Waals surface area (Å²) in [5.74, 6) is -1.45. The maximum absolute atomic E-state index is 16.1. The van der Waals surface area contributed by atoms with Gasteiger partial charge in [-0.05, 0) is 128 Å². The predicted molar refractivity (Wildman–Crippen MR) is 296 cm³/mol. The molecule has 4 bridgehead atoms. The van der Waals surface area contributed by atoms with Crippen molar-refractivity contribution in [2.75, 3.05) is 13.2 Å². The molecule has 81 heavy (non-hydrogen) atoms. The Labute approximate surface area is 468 Å². The van der Waals surface area contributed by atoms with Crippen LogP contribution in [0.25, 0.3) is 12.2 Å². The molecule has 1 saturated heterocycles. The molecule has 3 fully saturated rings. The number of nitrogens with zero attached hydrogens (tertiary/aromatic N) is 1. The lowest BCUT2D eigenvalue weighted by molar-refractivity contribution is -0.378. The molecule has 0 radical (unpaired) electrons. The molecule has 10 rings (SSSR count). The number of aryl methyl sites for hydroxylation is 1. The van der Waals surface area contributed by atoms with E-state index in [-0.39, 0.29) is 100 Å². The average Bonchev–Trinajstić information content (AvgIpc) is 3.96. The van der Waals surface area contributed by atoms with Crippen LogP contribution < -0.4 is 26.7 Å². The summed E-state index contributed by atoms with van der Waals surface area (Å²) in [5, 5.41) is 83.1. The Kier molecular flexibility index (Phi) is 16.2. The van der Waals surface area contributed by atoms with Gasteiger partial charge in [0, 0.05) is 58.7 Å². The number of phenols is 1. The third-order valence-corrected chi connectivity index (χ3v) is 17.5. The van der Waals surface area contributed by atoms with Gasteiger partial charge in [-0.2, -0.15) is 0 Å². The van der Waals surface area contributed by atoms with E-state index in [0.29, 0.717) is 35.8 Å². The Balaban J connectivity index is 1.24. The number of guanidine groups is 1. The normalized spacial score (nSPS) is 26.3. The van der Waals surface area contributed by atoms with E-state index in [2.05, 4.69) is 16.8 Å². The lowest BCUT2D eigenvalue weighted by Crippen LogP contribution is -2.67. The van der Waals surface area contributed by atoms with Crippen LogP contribution in [-0.2, 0) is 52.2 Å². The summed E-state index contributed by atoms with van der Waals surface area (Å²) in [7, 11) is 0. The van der Waals surface area contributed by atoms with Crippen molar-refractivity contribution >= 4 is 41.9 Å². The monoisotopic (exact) mass is 1110 g/mol. The van der Waals surface area contributed by atoms with Crippen LogP contribution in [0.15, 0.2) is 47.5 Å². The van der Waals surface area contributed by atoms with Gasteiger partial charge in [0.25, 0.3) is 0 Å². The fourth-order valence-corrected chi connectivity index (χ4v) is 13.7. The number of aldehydes is 1. The molecule has 13 N–H and O–H groups in total. The maximum Gasteiger partial charge on any atom is 0.308 e. The number of ketones is 2. The molecule has 1 spiro atoms. The van der Waals surface area contributed by atoms with Crippen molar-refractivity contribution < 1.29 is 73.9 Å². The fourth-order valence-electron chi connectivity index (χ4n) is 13.7. The molecule has 19 heteroatoms. The highest BCUT2D eigenvalue weighted by atomic mass is 16.7. The van der Waals surface area contributed by atoms with Gasteiger partial charge in [-0.15, -0.1) is 0 Å². The van der Waals surface area contributed by atoms with E-state index in [1.165, 1.54) is 19.1 Å². The highest BCUT2D eigenvalue weighted by Crippen LogP contribution is 2.60. The second kappa shape index (κ2) is 22.8. The van der Waals surface area contributed by atoms with Gasteiger partial charge in [0.15, 0.2) is 29.9 Å². The van der Waals surface area contributed by atoms with Gasteiger partial charge in [-0.1, -0.05) is 67.2 Å². The van der Waals surface area contributed by atoms with Crippen molar-refractivity contribution in [1.82, 2.24) is 0 Å². The SMILES string of the molecule is CC(=O)Oc1cc(CO)c2c3c1C=Cc1cccc(c1)CC(O)CCC(N)C#CCc1c(OC4OC(C)C(O)C(O)(O)C4OCCN=C(N)N)c(Cc4ccc5c(c4C=O)C4(O)CC6(CCCC6)CCC4CC5)c(O)c(c1C3=O)C2=O. The molecule has 19 nitrogen and oxygen atoms in total. The number of aliphatic imine (C=N–C) groups is 1. The minimum atomic E-state index is -3.11. The number of benzene rings is 4. The van der Waals surface area contributed by atoms with E-state index in [4.69, 9.17) is 36.1 Å². The standard InChI is InChI=1S/C62H70N4O15/c1-32-56(74)62(76,77)57(78-24-23-66-59(64)65)58(79-32)81-55-43-10-6-9-40(63)16-17-41(70)26-35-8-5-7-34(25-35)11-18-42-46(80-33(2)69)28-38(29-67)47-48(42)54(73)49(43)50(53(47)72)52(71)44(55)27-37-13-12-36-14-15-39-19-22-60(20-3-4-21-60)31-61(39,75)51(36)45(37)30-68/h5,7-8,11-13,18,25,28,30,32,39-41,56-58,67,70-71,74-77H,3-4,10,14-17,19-24,26-27,29,31,63H2,1-2H3,(H4,64,65,66). The van der Waals surface area contributed by atoms with E-state index >= 15 is 9.59 Å². The zero-order valence-electron chi connectivity index (χ0n) is 45.4. The van der Waals surface area contributed by atoms with Crippen molar-refractivity contribution in [1.29, 1.82) is 0 Å². The van der Waals surface area contributed by atoms with Gasteiger partial charge in [0.05, 0.1) is 49.2 Å². The molecular weight excluding hydrogens is 1040 g/mol. The van der Waals surface area contributed by atoms with E-state index < -0.39 is 102 Å². The van der Waals surface area contributed by atoms with Gasteiger partial charge in [0.1, 0.15) is 23.4 Å². The molecular formula is C62H70N4O15. The zero-order chi connectivity index (χ0) is 57.7. The first-order valence-electron chi connectivity index (χ1n) is 27.8. The number of rotatable bonds is 11. The topological polar surface area (TPSA) is 337 Å². The van der Waals surface area contributed by atoms with Crippen LogP contribution in [-0.4, -0.2) is 121 Å². The summed E-state index contributed by atoms with van der Waals surface area (Å²) in [6.07, 6.45) is 3.13. The van der Waals surface area contributed by atoms with Crippen LogP contribution in [0.1, 0.15) is 170 Å². The highest BCUT2D eigenvalue weighted by Gasteiger charge is 2.57. The van der Waals surface area contributed by atoms with E-state index in [1.54, 1.807) is 24.3 Å². The van der Waals surface area contributed by atoms with Crippen LogP contribution >= 0.6 is 0 Å². The fraction of sp³-hybridized carbons (Fsp3) is 0.468. The lowest BCUT2D eigenvalue weighted by atomic mass is 9.56. The number of hydrogen-bond donors (Lipinski definition) is 10. The predicted octanol–water partition coefficient (Wildman–Crippen LogP) is 4.05. The number of phenolic OH excluding ortho intramolecular Hbond substituents is 1. The molecule has 1 aliphatic heterocycles. The van der Waals surface area contributed by atoms with Crippen molar-refractivity contribution in [2.24, 2.45) is 33.5 Å². The molecule has 2 saturated carbocycles. The molecule has 4 aromatic rings. The molecule has 8 unspecified atom stereocenters. The number of aliphatic hydroxyl groups is 6. The smallest absolute Gasteiger partial charge is 0.308 e. The number of aromatic hydroxyl groups is 1. The van der Waals surface area contributed by atoms with Crippen molar-refractivity contribution in [3.8, 4) is 29.1 Å². The van der Waals surface area contributed by atoms with Crippen molar-refractivity contribution in [3.05, 3.63) is 120 Å². The summed E-state index contributed by atoms with van der Waals surface area (Å²) in [5.41, 5.74) is 17.4. The quantitative estimate of drug-likeness (QED) is 0.0130. The summed E-state index contributed by atoms with van der Waals surface area (Å²) >= 11 is 0. The lowest BCUT2D eigenvalue weighted by Gasteiger charge is -2.52. The number of fused-ring (bicyclic) bond motifs is 5. The second-order valence-corrected chi connectivity index (χ2v) is 22.8. The van der Waals surface area contributed by atoms with Crippen LogP contribution in [0.2, 0.25) is 0 Å². The van der Waals surface area contributed by atoms with Crippen LogP contribution in [0.5, 0.6) is 17.2 Å². The molecule has 0 aromatic heterocycles. The van der Waals surface area contributed by atoms with Gasteiger partial charge in [0.2, 0.25) is 12.1 Å². The first-order valence-corrected chi connectivity index (χ1v) is 27.8. The minimum absolute atomic E-state index is 0.0425. The largest absolute Gasteiger partial charge is 0.507 e. The number of aliphatic hydroxyl groups excluding tert-OH is 3. The van der Waals surface area contributed by atoms with E-state index in [9.17, 15) is 45.3 Å². The third-order valence-electron chi connectivity index (χ3n) is 17.5. The Morgan fingerprint density at radius 1 is 0.938 bits per heavy atom. The molecule has 0 amide bonds. The average molecular weight is 1110 g/mol. The maximum atomic E-state index is 16.1. The Morgan fingerprint density at radius 2 is 1.70 bits per heavy atom. The zero-order valence-corrected chi connectivity index (χ0v) is 45.4. The van der Waals surface area contributed by atoms with Gasteiger partial charge in [-0.3, -0.25) is 24.2 Å². The number of carbonyl (C=O) groups excluding carboxylic acids is 4. The highest BCUT2D eigenvalue weighted by molar-refractivity contribution is 6.32. The van der Waals surface area contributed by atoms with Gasteiger partial charge >= 0.3 is 5.97 Å². The number of carbonyl (C=O) groups is 4. The van der Waals surface area contributed by atoms with Gasteiger partial charge < -0.3 is 71.9 Å². The van der Waals surface area contributed by atoms with Crippen LogP contribution in [0.4, 0.5) is 0 Å². The first kappa shape index (κ1) is 57.4. The summed E-state index contributed by atoms with van der Waals surface area (Å²) < 4.78 is 24.7. The molecule has 1 heterocycles. The van der Waals surface area contributed by atoms with Gasteiger partial charge in [-0.25, -0.2) is 0 Å². The molecule has 8 atom stereocenters. The number of ether oxygens (including phenoxy) is 4. The van der Waals surface area contributed by atoms with E-state index in [1.807, 2.05) is 18.2 Å². The first-order chi connectivity index (χ1) is 38.7. The number of nitrogens with two attached hydrogens (primary N) is 3. The third kappa shape index (κ3) is 10.8. The summed E-state index contributed by atoms with van der Waals surface area (Å²) in [6, 6.07) is 11.2. The molecule has 6 aliphatic rings.